The first kappa shape index (κ1) is 16.0. The van der Waals surface area contributed by atoms with E-state index in [2.05, 4.69) is 5.32 Å². The van der Waals surface area contributed by atoms with Crippen molar-refractivity contribution in [3.8, 4) is 0 Å². The summed E-state index contributed by atoms with van der Waals surface area (Å²) < 4.78 is 28.3. The van der Waals surface area contributed by atoms with Crippen LogP contribution in [-0.4, -0.2) is 40.8 Å². The van der Waals surface area contributed by atoms with Crippen molar-refractivity contribution in [2.24, 2.45) is 5.92 Å². The van der Waals surface area contributed by atoms with Crippen molar-refractivity contribution in [2.75, 3.05) is 26.5 Å². The van der Waals surface area contributed by atoms with Crippen molar-refractivity contribution >= 4 is 15.7 Å². The van der Waals surface area contributed by atoms with Gasteiger partial charge >= 0.3 is 0 Å². The molecule has 1 aromatic rings. The van der Waals surface area contributed by atoms with Gasteiger partial charge in [-0.15, -0.1) is 0 Å². The predicted octanol–water partition coefficient (Wildman–Crippen LogP) is 1.35. The lowest BCUT2D eigenvalue weighted by molar-refractivity contribution is -0.122. The van der Waals surface area contributed by atoms with Gasteiger partial charge in [0.05, 0.1) is 10.8 Å². The molecule has 21 heavy (non-hydrogen) atoms. The lowest BCUT2D eigenvalue weighted by atomic mass is 9.87. The molecular weight excluding hydrogens is 290 g/mol. The molecule has 1 aliphatic heterocycles. The number of amides is 1. The van der Waals surface area contributed by atoms with Crippen LogP contribution in [0.15, 0.2) is 29.2 Å². The molecule has 1 amide bonds. The van der Waals surface area contributed by atoms with Crippen molar-refractivity contribution < 1.29 is 17.9 Å². The van der Waals surface area contributed by atoms with Gasteiger partial charge in [0.2, 0.25) is 5.91 Å². The number of carbonyl (C=O) groups is 1. The van der Waals surface area contributed by atoms with Gasteiger partial charge in [0.15, 0.2) is 9.84 Å². The number of benzene rings is 1. The van der Waals surface area contributed by atoms with Crippen molar-refractivity contribution in [2.45, 2.75) is 23.7 Å². The summed E-state index contributed by atoms with van der Waals surface area (Å²) in [5, 5.41) is 2.68. The van der Waals surface area contributed by atoms with Gasteiger partial charge in [-0.1, -0.05) is 12.1 Å². The summed E-state index contributed by atoms with van der Waals surface area (Å²) in [7, 11) is -1.60. The molecule has 0 aliphatic carbocycles. The quantitative estimate of drug-likeness (QED) is 0.891. The largest absolute Gasteiger partial charge is 0.381 e. The average molecular weight is 311 g/mol. The maximum Gasteiger partial charge on any atom is 0.227 e. The summed E-state index contributed by atoms with van der Waals surface area (Å²) in [5.41, 5.74) is 0.841. The van der Waals surface area contributed by atoms with Crippen LogP contribution in [0.3, 0.4) is 0 Å². The molecule has 1 aromatic carbocycles. The van der Waals surface area contributed by atoms with E-state index in [9.17, 15) is 13.2 Å². The molecular formula is C15H21NO4S. The van der Waals surface area contributed by atoms with Crippen molar-refractivity contribution in [1.29, 1.82) is 0 Å². The summed E-state index contributed by atoms with van der Waals surface area (Å²) in [5.74, 6) is 0.0613. The standard InChI is InChI=1S/C15H21NO4S/c1-16-15(17)14(9-11-7-8-20-10-11)12-3-5-13(6-4-12)21(2,18)19/h3-6,11,14H,7-10H2,1-2H3,(H,16,17). The minimum Gasteiger partial charge on any atom is -0.381 e. The molecule has 1 aliphatic rings. The maximum absolute atomic E-state index is 12.1. The fourth-order valence-electron chi connectivity index (χ4n) is 2.62. The number of ether oxygens (including phenoxy) is 1. The van der Waals surface area contributed by atoms with Crippen LogP contribution in [0.25, 0.3) is 0 Å². The number of likely N-dealkylation sites (N-methyl/N-ethyl adjacent to an activating group) is 1. The number of rotatable bonds is 5. The summed E-state index contributed by atoms with van der Waals surface area (Å²) in [6.07, 6.45) is 2.86. The topological polar surface area (TPSA) is 72.5 Å². The number of hydrogen-bond acceptors (Lipinski definition) is 4. The first-order chi connectivity index (χ1) is 9.91. The van der Waals surface area contributed by atoms with Crippen LogP contribution >= 0.6 is 0 Å². The van der Waals surface area contributed by atoms with Gasteiger partial charge in [-0.3, -0.25) is 4.79 Å². The zero-order valence-electron chi connectivity index (χ0n) is 12.3. The van der Waals surface area contributed by atoms with Gasteiger partial charge in [0.25, 0.3) is 0 Å². The highest BCUT2D eigenvalue weighted by Crippen LogP contribution is 2.29. The van der Waals surface area contributed by atoms with E-state index in [1.807, 2.05) is 0 Å². The van der Waals surface area contributed by atoms with Crippen LogP contribution in [0.2, 0.25) is 0 Å². The molecule has 6 heteroatoms. The van der Waals surface area contributed by atoms with E-state index in [1.165, 1.54) is 6.26 Å². The average Bonchev–Trinajstić information content (AvgIpc) is 2.96. The third kappa shape index (κ3) is 4.04. The number of sulfone groups is 1. The van der Waals surface area contributed by atoms with Crippen LogP contribution in [0.5, 0.6) is 0 Å². The molecule has 116 valence electrons. The lowest BCUT2D eigenvalue weighted by Gasteiger charge is -2.19. The predicted molar refractivity (Wildman–Crippen MR) is 79.9 cm³/mol. The van der Waals surface area contributed by atoms with E-state index in [1.54, 1.807) is 31.3 Å². The van der Waals surface area contributed by atoms with Crippen LogP contribution in [0.1, 0.15) is 24.3 Å². The molecule has 1 fully saturated rings. The molecule has 0 bridgehead atoms. The molecule has 2 unspecified atom stereocenters. The Bertz CT molecular complexity index is 589. The molecule has 2 atom stereocenters. The van der Waals surface area contributed by atoms with E-state index in [-0.39, 0.29) is 16.7 Å². The summed E-state index contributed by atoms with van der Waals surface area (Å²) in [4.78, 5) is 12.4. The molecule has 0 saturated carbocycles. The Morgan fingerprint density at radius 3 is 2.52 bits per heavy atom. The Morgan fingerprint density at radius 1 is 1.38 bits per heavy atom. The summed E-state index contributed by atoms with van der Waals surface area (Å²) in [6, 6.07) is 6.58. The third-order valence-electron chi connectivity index (χ3n) is 3.87. The molecule has 0 aromatic heterocycles. The minimum atomic E-state index is -3.21. The van der Waals surface area contributed by atoms with E-state index in [0.29, 0.717) is 12.5 Å². The fourth-order valence-corrected chi connectivity index (χ4v) is 3.25. The second kappa shape index (κ2) is 6.58. The minimum absolute atomic E-state index is 0.0472. The molecule has 2 rings (SSSR count). The zero-order chi connectivity index (χ0) is 15.5. The molecule has 1 saturated heterocycles. The molecule has 0 radical (unpaired) electrons. The van der Waals surface area contributed by atoms with Gasteiger partial charge in [-0.05, 0) is 36.5 Å². The summed E-state index contributed by atoms with van der Waals surface area (Å²) in [6.45, 7) is 1.44. The van der Waals surface area contributed by atoms with Crippen molar-refractivity contribution in [3.63, 3.8) is 0 Å². The number of carbonyl (C=O) groups excluding carboxylic acids is 1. The smallest absolute Gasteiger partial charge is 0.227 e. The number of hydrogen-bond donors (Lipinski definition) is 1. The van der Waals surface area contributed by atoms with Crippen LogP contribution in [-0.2, 0) is 19.4 Å². The van der Waals surface area contributed by atoms with Gasteiger partial charge in [0, 0.05) is 26.5 Å². The van der Waals surface area contributed by atoms with Crippen LogP contribution in [0, 0.1) is 5.92 Å². The van der Waals surface area contributed by atoms with Gasteiger partial charge in [-0.2, -0.15) is 0 Å². The Morgan fingerprint density at radius 2 is 2.05 bits per heavy atom. The van der Waals surface area contributed by atoms with E-state index in [0.717, 1.165) is 25.0 Å². The van der Waals surface area contributed by atoms with Crippen LogP contribution in [0.4, 0.5) is 0 Å². The third-order valence-corrected chi connectivity index (χ3v) is 5.00. The Kier molecular flexibility index (Phi) is 5.00. The monoisotopic (exact) mass is 311 g/mol. The molecule has 1 heterocycles. The second-order valence-electron chi connectivity index (χ2n) is 5.47. The van der Waals surface area contributed by atoms with Gasteiger partial charge in [-0.25, -0.2) is 8.42 Å². The van der Waals surface area contributed by atoms with Gasteiger partial charge in [0.1, 0.15) is 0 Å². The highest BCUT2D eigenvalue weighted by molar-refractivity contribution is 7.90. The van der Waals surface area contributed by atoms with E-state index >= 15 is 0 Å². The number of nitrogens with one attached hydrogen (secondary N) is 1. The summed E-state index contributed by atoms with van der Waals surface area (Å²) >= 11 is 0. The maximum atomic E-state index is 12.1. The van der Waals surface area contributed by atoms with Crippen molar-refractivity contribution in [3.05, 3.63) is 29.8 Å². The van der Waals surface area contributed by atoms with E-state index in [4.69, 9.17) is 4.74 Å². The van der Waals surface area contributed by atoms with Crippen molar-refractivity contribution in [1.82, 2.24) is 5.32 Å². The van der Waals surface area contributed by atoms with E-state index < -0.39 is 9.84 Å². The highest BCUT2D eigenvalue weighted by Gasteiger charge is 2.26. The highest BCUT2D eigenvalue weighted by atomic mass is 32.2. The van der Waals surface area contributed by atoms with Gasteiger partial charge < -0.3 is 10.1 Å². The molecule has 0 spiro atoms. The molecule has 5 nitrogen and oxygen atoms in total. The van der Waals surface area contributed by atoms with Crippen LogP contribution < -0.4 is 5.32 Å². The Labute approximate surface area is 125 Å². The SMILES string of the molecule is CNC(=O)C(CC1CCOC1)c1ccc(S(C)(=O)=O)cc1. The first-order valence-corrected chi connectivity index (χ1v) is 8.90. The Hall–Kier alpha value is -1.40. The Balaban J connectivity index is 2.21. The normalized spacial score (nSPS) is 20.2. The second-order valence-corrected chi connectivity index (χ2v) is 7.49. The molecule has 1 N–H and O–H groups in total. The fraction of sp³-hybridized carbons (Fsp3) is 0.533. The lowest BCUT2D eigenvalue weighted by Crippen LogP contribution is -2.27. The zero-order valence-corrected chi connectivity index (χ0v) is 13.2. The first-order valence-electron chi connectivity index (χ1n) is 7.01.